The van der Waals surface area contributed by atoms with Crippen LogP contribution in [-0.2, 0) is 0 Å². The number of hydrogen-bond donors (Lipinski definition) is 2. The van der Waals surface area contributed by atoms with Crippen molar-refractivity contribution in [2.45, 2.75) is 41.5 Å². The minimum atomic E-state index is -0.231. The lowest BCUT2D eigenvalue weighted by Crippen LogP contribution is -1.98. The second-order valence-electron chi connectivity index (χ2n) is 5.60. The van der Waals surface area contributed by atoms with E-state index in [-0.39, 0.29) is 17.1 Å². The minimum absolute atomic E-state index is 0.0455. The Balaban J connectivity index is 0.000000754. The highest BCUT2D eigenvalue weighted by Crippen LogP contribution is 2.37. The van der Waals surface area contributed by atoms with Crippen molar-refractivity contribution in [1.29, 1.82) is 0 Å². The zero-order chi connectivity index (χ0) is 18.9. The summed E-state index contributed by atoms with van der Waals surface area (Å²) in [6.45, 7) is 15.4. The van der Waals surface area contributed by atoms with Gasteiger partial charge in [-0.05, 0) is 58.3 Å². The van der Waals surface area contributed by atoms with Crippen LogP contribution < -0.4 is 0 Å². The molecule has 0 saturated heterocycles. The fourth-order valence-corrected chi connectivity index (χ4v) is 1.99. The number of phenolic OH excluding ortho intramolecular Hbond substituents is 2. The quantitative estimate of drug-likeness (QED) is 0.548. The van der Waals surface area contributed by atoms with E-state index < -0.39 is 0 Å². The van der Waals surface area contributed by atoms with Gasteiger partial charge in [0.15, 0.2) is 6.29 Å². The summed E-state index contributed by atoms with van der Waals surface area (Å²) in [4.78, 5) is 11.1. The maximum atomic E-state index is 11.1. The molecular formula is C21H28O3. The van der Waals surface area contributed by atoms with Crippen molar-refractivity contribution in [1.82, 2.24) is 0 Å². The van der Waals surface area contributed by atoms with Crippen molar-refractivity contribution in [3.63, 3.8) is 0 Å². The molecular weight excluding hydrogens is 300 g/mol. The Morgan fingerprint density at radius 2 is 1.54 bits per heavy atom. The Morgan fingerprint density at radius 3 is 1.92 bits per heavy atom. The van der Waals surface area contributed by atoms with Gasteiger partial charge in [-0.3, -0.25) is 4.79 Å². The second kappa shape index (κ2) is 10.3. The lowest BCUT2D eigenvalue weighted by Gasteiger charge is -2.16. The molecule has 0 aliphatic carbocycles. The molecule has 0 aromatic heterocycles. The summed E-state index contributed by atoms with van der Waals surface area (Å²) in [6.07, 6.45) is 8.58. The summed E-state index contributed by atoms with van der Waals surface area (Å²) in [7, 11) is 0. The molecule has 1 rings (SSSR count). The molecule has 0 spiro atoms. The molecule has 0 aliphatic rings. The highest BCUT2D eigenvalue weighted by molar-refractivity contribution is 5.94. The van der Waals surface area contributed by atoms with Crippen LogP contribution in [0.3, 0.4) is 0 Å². The Kier molecular flexibility index (Phi) is 9.18. The van der Waals surface area contributed by atoms with Gasteiger partial charge in [0.1, 0.15) is 11.5 Å². The molecule has 130 valence electrons. The van der Waals surface area contributed by atoms with Crippen LogP contribution in [0.2, 0.25) is 0 Å². The van der Waals surface area contributed by atoms with Gasteiger partial charge in [-0.2, -0.15) is 0 Å². The highest BCUT2D eigenvalue weighted by Gasteiger charge is 2.17. The second-order valence-corrected chi connectivity index (χ2v) is 5.60. The molecule has 0 saturated carbocycles. The van der Waals surface area contributed by atoms with E-state index in [9.17, 15) is 15.0 Å². The summed E-state index contributed by atoms with van der Waals surface area (Å²) in [5, 5.41) is 19.5. The van der Waals surface area contributed by atoms with Crippen LogP contribution in [0.4, 0.5) is 0 Å². The molecule has 0 unspecified atom stereocenters. The van der Waals surface area contributed by atoms with E-state index in [1.54, 1.807) is 6.92 Å². The molecule has 0 bridgehead atoms. The monoisotopic (exact) mass is 328 g/mol. The summed E-state index contributed by atoms with van der Waals surface area (Å²) in [5.74, 6) is -0.276. The summed E-state index contributed by atoms with van der Waals surface area (Å²) in [6, 6.07) is 1.17. The Labute approximate surface area is 145 Å². The van der Waals surface area contributed by atoms with Crippen molar-refractivity contribution < 1.29 is 15.0 Å². The molecule has 0 radical (unpaired) electrons. The van der Waals surface area contributed by atoms with Crippen LogP contribution in [0, 0.1) is 6.92 Å². The van der Waals surface area contributed by atoms with Gasteiger partial charge in [0.05, 0.1) is 5.56 Å². The minimum Gasteiger partial charge on any atom is -0.508 e. The van der Waals surface area contributed by atoms with Gasteiger partial charge >= 0.3 is 0 Å². The molecule has 0 heterocycles. The summed E-state index contributed by atoms with van der Waals surface area (Å²) < 4.78 is 0. The topological polar surface area (TPSA) is 57.5 Å². The van der Waals surface area contributed by atoms with Crippen molar-refractivity contribution in [2.24, 2.45) is 0 Å². The average molecular weight is 328 g/mol. The lowest BCUT2D eigenvalue weighted by molar-refractivity contribution is 0.112. The number of phenols is 2. The molecule has 0 atom stereocenters. The predicted molar refractivity (Wildman–Crippen MR) is 103 cm³/mol. The third-order valence-electron chi connectivity index (χ3n) is 3.70. The molecule has 1 aromatic rings. The Morgan fingerprint density at radius 1 is 1.04 bits per heavy atom. The van der Waals surface area contributed by atoms with Crippen LogP contribution in [0.25, 0.3) is 5.57 Å². The molecule has 1 aromatic carbocycles. The third-order valence-corrected chi connectivity index (χ3v) is 3.70. The number of carbonyl (C=O) groups excluding carboxylic acids is 1. The van der Waals surface area contributed by atoms with E-state index in [1.807, 2.05) is 58.9 Å². The molecule has 24 heavy (non-hydrogen) atoms. The van der Waals surface area contributed by atoms with Gasteiger partial charge < -0.3 is 10.2 Å². The van der Waals surface area contributed by atoms with Gasteiger partial charge in [-0.15, -0.1) is 0 Å². The number of benzene rings is 1. The number of hydrogen-bond acceptors (Lipinski definition) is 3. The largest absolute Gasteiger partial charge is 0.508 e. The van der Waals surface area contributed by atoms with Crippen molar-refractivity contribution in [2.75, 3.05) is 0 Å². The number of aromatic hydroxyl groups is 2. The van der Waals surface area contributed by atoms with E-state index in [1.165, 1.54) is 6.07 Å². The zero-order valence-corrected chi connectivity index (χ0v) is 15.5. The molecule has 3 heteroatoms. The number of allylic oxidation sites excluding steroid dienone is 7. The maximum absolute atomic E-state index is 11.1. The van der Waals surface area contributed by atoms with E-state index in [4.69, 9.17) is 0 Å². The van der Waals surface area contributed by atoms with E-state index >= 15 is 0 Å². The summed E-state index contributed by atoms with van der Waals surface area (Å²) in [5.41, 5.74) is 3.85. The van der Waals surface area contributed by atoms with Crippen molar-refractivity contribution in [3.8, 4) is 11.5 Å². The molecule has 2 N–H and O–H groups in total. The first-order valence-electron chi connectivity index (χ1n) is 7.81. The van der Waals surface area contributed by atoms with E-state index in [2.05, 4.69) is 6.58 Å². The van der Waals surface area contributed by atoms with Crippen molar-refractivity contribution >= 4 is 11.9 Å². The van der Waals surface area contributed by atoms with Crippen LogP contribution in [0.15, 0.2) is 48.1 Å². The fraction of sp³-hybridized carbons (Fsp3) is 0.286. The molecule has 0 aliphatic heterocycles. The van der Waals surface area contributed by atoms with Gasteiger partial charge in [0, 0.05) is 11.6 Å². The third kappa shape index (κ3) is 5.58. The lowest BCUT2D eigenvalue weighted by atomic mass is 9.89. The van der Waals surface area contributed by atoms with Gasteiger partial charge in [0.25, 0.3) is 0 Å². The first-order chi connectivity index (χ1) is 11.2. The number of aldehydes is 1. The smallest absolute Gasteiger partial charge is 0.154 e. The number of rotatable bonds is 4. The SMILES string of the molecule is C/C=C\C=C/C.C=C(C(C)=C(C)C)c1c(C)c(O)cc(O)c1C=O. The predicted octanol–water partition coefficient (Wildman–Crippen LogP) is 5.73. The normalized spacial score (nSPS) is 10.4. The molecule has 0 amide bonds. The standard InChI is InChI=1S/C15H18O3.C6H10/c1-8(2)9(3)10(4)15-11(5)13(17)6-14(18)12(15)7-16;1-3-5-6-4-2/h6-7,17-18H,4H2,1-3,5H3;3-6H,1-2H3/b;5-3-,6-4-. The van der Waals surface area contributed by atoms with Gasteiger partial charge in [0.2, 0.25) is 0 Å². The first kappa shape index (κ1) is 21.4. The van der Waals surface area contributed by atoms with Gasteiger partial charge in [-0.25, -0.2) is 0 Å². The highest BCUT2D eigenvalue weighted by atomic mass is 16.3. The van der Waals surface area contributed by atoms with E-state index in [0.29, 0.717) is 23.0 Å². The van der Waals surface area contributed by atoms with E-state index in [0.717, 1.165) is 11.1 Å². The molecule has 3 nitrogen and oxygen atoms in total. The van der Waals surface area contributed by atoms with Crippen LogP contribution in [-0.4, -0.2) is 16.5 Å². The zero-order valence-electron chi connectivity index (χ0n) is 15.5. The van der Waals surface area contributed by atoms with Gasteiger partial charge in [-0.1, -0.05) is 36.5 Å². The Bertz CT molecular complexity index is 676. The fourth-order valence-electron chi connectivity index (χ4n) is 1.99. The summed E-state index contributed by atoms with van der Waals surface area (Å²) >= 11 is 0. The maximum Gasteiger partial charge on any atom is 0.154 e. The number of carbonyl (C=O) groups is 1. The van der Waals surface area contributed by atoms with Crippen LogP contribution in [0.1, 0.15) is 56.1 Å². The Hall–Kier alpha value is -2.55. The first-order valence-corrected chi connectivity index (χ1v) is 7.81. The van der Waals surface area contributed by atoms with Crippen molar-refractivity contribution in [3.05, 3.63) is 64.8 Å². The van der Waals surface area contributed by atoms with Crippen LogP contribution >= 0.6 is 0 Å². The van der Waals surface area contributed by atoms with Crippen LogP contribution in [0.5, 0.6) is 11.5 Å². The molecule has 0 fully saturated rings. The average Bonchev–Trinajstić information content (AvgIpc) is 2.55.